The van der Waals surface area contributed by atoms with E-state index in [-0.39, 0.29) is 24.3 Å². The van der Waals surface area contributed by atoms with Crippen LogP contribution in [0.4, 0.5) is 0 Å². The van der Waals surface area contributed by atoms with Gasteiger partial charge in [0.15, 0.2) is 0 Å². The Morgan fingerprint density at radius 3 is 2.65 bits per heavy atom. The van der Waals surface area contributed by atoms with Gasteiger partial charge in [0.1, 0.15) is 24.0 Å². The second-order valence-corrected chi connectivity index (χ2v) is 4.26. The highest BCUT2D eigenvalue weighted by molar-refractivity contribution is 5.67. The van der Waals surface area contributed by atoms with Crippen molar-refractivity contribution in [2.24, 2.45) is 0 Å². The predicted molar refractivity (Wildman–Crippen MR) is 74.5 cm³/mol. The highest BCUT2D eigenvalue weighted by Crippen LogP contribution is 2.24. The zero-order chi connectivity index (χ0) is 14.5. The normalized spacial score (nSPS) is 10.1. The van der Waals surface area contributed by atoms with Crippen molar-refractivity contribution in [3.05, 3.63) is 51.9 Å². The van der Waals surface area contributed by atoms with Gasteiger partial charge in [0.25, 0.3) is 5.56 Å². The molecule has 1 aromatic carbocycles. The van der Waals surface area contributed by atoms with E-state index in [0.717, 1.165) is 11.1 Å². The third-order valence-electron chi connectivity index (χ3n) is 2.88. The summed E-state index contributed by atoms with van der Waals surface area (Å²) in [6, 6.07) is 10.7. The van der Waals surface area contributed by atoms with Crippen molar-refractivity contribution in [3.63, 3.8) is 0 Å². The van der Waals surface area contributed by atoms with Gasteiger partial charge in [-0.1, -0.05) is 12.1 Å². The lowest BCUT2D eigenvalue weighted by atomic mass is 10.0. The smallest absolute Gasteiger partial charge is 0.266 e. The zero-order valence-electron chi connectivity index (χ0n) is 11.0. The number of aromatic nitrogens is 1. The number of aliphatic hydroxyl groups excluding tert-OH is 1. The molecule has 2 aromatic rings. The highest BCUT2D eigenvalue weighted by Gasteiger charge is 2.07. The van der Waals surface area contributed by atoms with E-state index in [2.05, 4.69) is 4.98 Å². The van der Waals surface area contributed by atoms with Crippen LogP contribution in [-0.4, -0.2) is 23.3 Å². The minimum Gasteiger partial charge on any atom is -0.491 e. The van der Waals surface area contributed by atoms with Crippen molar-refractivity contribution in [2.45, 2.75) is 6.92 Å². The number of pyridine rings is 1. The Morgan fingerprint density at radius 2 is 2.05 bits per heavy atom. The van der Waals surface area contributed by atoms with Gasteiger partial charge in [0.05, 0.1) is 6.61 Å². The van der Waals surface area contributed by atoms with Crippen LogP contribution in [0.15, 0.2) is 35.1 Å². The van der Waals surface area contributed by atoms with Gasteiger partial charge in [-0.05, 0) is 30.7 Å². The molecule has 0 unspecified atom stereocenters. The van der Waals surface area contributed by atoms with Gasteiger partial charge >= 0.3 is 0 Å². The molecular weight excluding hydrogens is 256 g/mol. The minimum atomic E-state index is -0.378. The van der Waals surface area contributed by atoms with E-state index >= 15 is 0 Å². The van der Waals surface area contributed by atoms with Gasteiger partial charge in [-0.25, -0.2) is 0 Å². The average molecular weight is 270 g/mol. The van der Waals surface area contributed by atoms with E-state index in [1.165, 1.54) is 0 Å². The van der Waals surface area contributed by atoms with E-state index in [0.29, 0.717) is 11.4 Å². The number of aromatic amines is 1. The zero-order valence-corrected chi connectivity index (χ0v) is 11.0. The molecular formula is C15H14N2O3. The summed E-state index contributed by atoms with van der Waals surface area (Å²) in [4.78, 5) is 14.2. The number of benzene rings is 1. The summed E-state index contributed by atoms with van der Waals surface area (Å²) in [5, 5.41) is 17.6. The number of hydrogen-bond donors (Lipinski definition) is 2. The first-order chi connectivity index (χ1) is 9.65. The molecule has 5 nitrogen and oxygen atoms in total. The summed E-state index contributed by atoms with van der Waals surface area (Å²) in [7, 11) is 0. The molecule has 0 spiro atoms. The van der Waals surface area contributed by atoms with Crippen molar-refractivity contribution in [1.82, 2.24) is 4.98 Å². The summed E-state index contributed by atoms with van der Waals surface area (Å²) < 4.78 is 5.28. The second kappa shape index (κ2) is 6.04. The summed E-state index contributed by atoms with van der Waals surface area (Å²) in [6.45, 7) is 2.00. The maximum absolute atomic E-state index is 11.5. The lowest BCUT2D eigenvalue weighted by Gasteiger charge is -2.08. The SMILES string of the molecule is Cc1[nH]c(=O)c(C#N)cc1-c1ccc(OCCO)cc1. The van der Waals surface area contributed by atoms with Crippen molar-refractivity contribution in [3.8, 4) is 22.9 Å². The van der Waals surface area contributed by atoms with Crippen molar-refractivity contribution < 1.29 is 9.84 Å². The molecule has 0 aliphatic rings. The van der Waals surface area contributed by atoms with Crippen LogP contribution in [-0.2, 0) is 0 Å². The van der Waals surface area contributed by atoms with E-state index in [9.17, 15) is 4.79 Å². The van der Waals surface area contributed by atoms with Gasteiger partial charge in [0.2, 0.25) is 0 Å². The summed E-state index contributed by atoms with van der Waals surface area (Å²) in [5.41, 5.74) is 2.10. The Morgan fingerprint density at radius 1 is 1.35 bits per heavy atom. The molecule has 5 heteroatoms. The monoisotopic (exact) mass is 270 g/mol. The quantitative estimate of drug-likeness (QED) is 0.883. The van der Waals surface area contributed by atoms with Crippen LogP contribution < -0.4 is 10.3 Å². The molecule has 20 heavy (non-hydrogen) atoms. The minimum absolute atomic E-state index is 0.0354. The maximum atomic E-state index is 11.5. The van der Waals surface area contributed by atoms with Crippen molar-refractivity contribution in [2.75, 3.05) is 13.2 Å². The fourth-order valence-electron chi connectivity index (χ4n) is 1.90. The average Bonchev–Trinajstić information content (AvgIpc) is 2.46. The fourth-order valence-corrected chi connectivity index (χ4v) is 1.90. The number of ether oxygens (including phenoxy) is 1. The summed E-state index contributed by atoms with van der Waals surface area (Å²) in [5.74, 6) is 0.658. The van der Waals surface area contributed by atoms with Crippen LogP contribution in [0.1, 0.15) is 11.3 Å². The van der Waals surface area contributed by atoms with Crippen LogP contribution in [0, 0.1) is 18.3 Å². The summed E-state index contributed by atoms with van der Waals surface area (Å²) in [6.07, 6.45) is 0. The van der Waals surface area contributed by atoms with Crippen LogP contribution in [0.5, 0.6) is 5.75 Å². The molecule has 0 amide bonds. The van der Waals surface area contributed by atoms with Gasteiger partial charge in [-0.15, -0.1) is 0 Å². The Kier molecular flexibility index (Phi) is 4.18. The molecule has 0 fully saturated rings. The predicted octanol–water partition coefficient (Wildman–Crippen LogP) is 1.59. The highest BCUT2D eigenvalue weighted by atomic mass is 16.5. The third-order valence-corrected chi connectivity index (χ3v) is 2.88. The number of rotatable bonds is 4. The van der Waals surface area contributed by atoms with Gasteiger partial charge in [0, 0.05) is 11.3 Å². The van der Waals surface area contributed by atoms with Crippen molar-refractivity contribution in [1.29, 1.82) is 5.26 Å². The standard InChI is InChI=1S/C15H14N2O3/c1-10-14(8-12(9-16)15(19)17-10)11-2-4-13(5-3-11)20-7-6-18/h2-5,8,18H,6-7H2,1H3,(H,17,19). The van der Waals surface area contributed by atoms with E-state index in [1.54, 1.807) is 25.1 Å². The largest absolute Gasteiger partial charge is 0.491 e. The van der Waals surface area contributed by atoms with E-state index in [1.807, 2.05) is 18.2 Å². The topological polar surface area (TPSA) is 86.1 Å². The second-order valence-electron chi connectivity index (χ2n) is 4.26. The van der Waals surface area contributed by atoms with Crippen LogP contribution in [0.3, 0.4) is 0 Å². The molecule has 1 heterocycles. The Labute approximate surface area is 116 Å². The molecule has 0 saturated carbocycles. The molecule has 0 aliphatic heterocycles. The van der Waals surface area contributed by atoms with E-state index < -0.39 is 0 Å². The molecule has 0 saturated heterocycles. The molecule has 0 aliphatic carbocycles. The number of aryl methyl sites for hydroxylation is 1. The number of aliphatic hydroxyl groups is 1. The molecule has 0 radical (unpaired) electrons. The first kappa shape index (κ1) is 13.8. The molecule has 0 atom stereocenters. The number of H-pyrrole nitrogens is 1. The fraction of sp³-hybridized carbons (Fsp3) is 0.200. The van der Waals surface area contributed by atoms with Gasteiger partial charge < -0.3 is 14.8 Å². The van der Waals surface area contributed by atoms with Gasteiger partial charge in [-0.2, -0.15) is 5.26 Å². The molecule has 1 aromatic heterocycles. The number of hydrogen-bond acceptors (Lipinski definition) is 4. The maximum Gasteiger partial charge on any atom is 0.266 e. The first-order valence-electron chi connectivity index (χ1n) is 6.14. The molecule has 2 N–H and O–H groups in total. The lowest BCUT2D eigenvalue weighted by molar-refractivity contribution is 0.201. The number of nitrogens with one attached hydrogen (secondary N) is 1. The number of nitrogens with zero attached hydrogens (tertiary/aromatic N) is 1. The lowest BCUT2D eigenvalue weighted by Crippen LogP contribution is -2.11. The van der Waals surface area contributed by atoms with Crippen molar-refractivity contribution >= 4 is 0 Å². The van der Waals surface area contributed by atoms with Crippen LogP contribution in [0.2, 0.25) is 0 Å². The van der Waals surface area contributed by atoms with Crippen LogP contribution in [0.25, 0.3) is 11.1 Å². The summed E-state index contributed by atoms with van der Waals surface area (Å²) >= 11 is 0. The van der Waals surface area contributed by atoms with E-state index in [4.69, 9.17) is 15.1 Å². The Balaban J connectivity index is 2.37. The molecule has 102 valence electrons. The Bertz CT molecular complexity index is 697. The van der Waals surface area contributed by atoms with Crippen LogP contribution >= 0.6 is 0 Å². The third kappa shape index (κ3) is 2.87. The molecule has 0 bridgehead atoms. The first-order valence-corrected chi connectivity index (χ1v) is 6.14. The molecule has 2 rings (SSSR count). The number of nitriles is 1. The Hall–Kier alpha value is -2.58. The van der Waals surface area contributed by atoms with Gasteiger partial charge in [-0.3, -0.25) is 4.79 Å².